The van der Waals surface area contributed by atoms with Crippen molar-refractivity contribution in [3.63, 3.8) is 0 Å². The van der Waals surface area contributed by atoms with Gasteiger partial charge in [-0.25, -0.2) is 4.39 Å². The summed E-state index contributed by atoms with van der Waals surface area (Å²) in [5, 5.41) is 18.2. The Balaban J connectivity index is 1.91. The molecule has 1 aromatic carbocycles. The summed E-state index contributed by atoms with van der Waals surface area (Å²) in [5.41, 5.74) is 0.0438. The van der Waals surface area contributed by atoms with Crippen molar-refractivity contribution in [2.45, 2.75) is 25.4 Å². The van der Waals surface area contributed by atoms with Crippen LogP contribution >= 0.6 is 0 Å². The number of halogens is 1. The van der Waals surface area contributed by atoms with Crippen LogP contribution in [0.15, 0.2) is 18.2 Å². The smallest absolute Gasteiger partial charge is 0.492 e. The highest BCUT2D eigenvalue weighted by molar-refractivity contribution is 6.59. The van der Waals surface area contributed by atoms with Gasteiger partial charge in [-0.1, -0.05) is 0 Å². The fourth-order valence-corrected chi connectivity index (χ4v) is 2.02. The van der Waals surface area contributed by atoms with Gasteiger partial charge >= 0.3 is 7.12 Å². The maximum atomic E-state index is 13.0. The van der Waals surface area contributed by atoms with Crippen molar-refractivity contribution in [3.8, 4) is 5.75 Å². The van der Waals surface area contributed by atoms with E-state index < -0.39 is 12.9 Å². The van der Waals surface area contributed by atoms with Gasteiger partial charge in [-0.2, -0.15) is 0 Å². The first-order valence-electron chi connectivity index (χ1n) is 6.07. The number of hydrogen-bond acceptors (Lipinski definition) is 4. The van der Waals surface area contributed by atoms with Gasteiger partial charge in [0.25, 0.3) is 0 Å². The molecule has 0 radical (unpaired) electrons. The number of rotatable bonds is 5. The summed E-state index contributed by atoms with van der Waals surface area (Å²) in [4.78, 5) is 0. The van der Waals surface area contributed by atoms with Crippen LogP contribution < -0.4 is 10.2 Å². The van der Waals surface area contributed by atoms with Gasteiger partial charge in [-0.15, -0.1) is 0 Å². The Morgan fingerprint density at radius 2 is 2.28 bits per heavy atom. The second kappa shape index (κ2) is 6.18. The molecule has 1 saturated heterocycles. The van der Waals surface area contributed by atoms with Crippen molar-refractivity contribution in [3.05, 3.63) is 24.0 Å². The van der Waals surface area contributed by atoms with Crippen LogP contribution in [0.2, 0.25) is 0 Å². The number of benzene rings is 1. The molecule has 1 aliphatic heterocycles. The van der Waals surface area contributed by atoms with E-state index in [0.29, 0.717) is 12.4 Å². The molecule has 4 nitrogen and oxygen atoms in total. The molecule has 0 spiro atoms. The molecule has 0 bridgehead atoms. The van der Waals surface area contributed by atoms with Gasteiger partial charge in [0.1, 0.15) is 11.6 Å². The maximum absolute atomic E-state index is 13.0. The van der Waals surface area contributed by atoms with Gasteiger partial charge in [0.15, 0.2) is 0 Å². The van der Waals surface area contributed by atoms with Crippen LogP contribution in [0.3, 0.4) is 0 Å². The van der Waals surface area contributed by atoms with Gasteiger partial charge in [0.05, 0.1) is 12.7 Å². The molecule has 1 aliphatic rings. The third kappa shape index (κ3) is 3.44. The standard InChI is InChI=1S/C12H16BFO4/c14-9-3-4-12(11(8-9)13(15)16)18-7-5-10-2-1-6-17-10/h3-4,8,10,15-16H,1-2,5-7H2. The van der Waals surface area contributed by atoms with E-state index in [9.17, 15) is 4.39 Å². The Morgan fingerprint density at radius 1 is 1.44 bits per heavy atom. The van der Waals surface area contributed by atoms with Crippen molar-refractivity contribution in [1.82, 2.24) is 0 Å². The van der Waals surface area contributed by atoms with Crippen LogP contribution in [0.5, 0.6) is 5.75 Å². The lowest BCUT2D eigenvalue weighted by atomic mass is 9.79. The van der Waals surface area contributed by atoms with E-state index in [1.54, 1.807) is 0 Å². The van der Waals surface area contributed by atoms with Crippen molar-refractivity contribution in [2.75, 3.05) is 13.2 Å². The quantitative estimate of drug-likeness (QED) is 0.749. The third-order valence-corrected chi connectivity index (χ3v) is 2.97. The van der Waals surface area contributed by atoms with E-state index in [4.69, 9.17) is 19.5 Å². The Kier molecular flexibility index (Phi) is 4.57. The van der Waals surface area contributed by atoms with Crippen LogP contribution in [-0.4, -0.2) is 36.5 Å². The highest BCUT2D eigenvalue weighted by Crippen LogP contribution is 2.16. The van der Waals surface area contributed by atoms with E-state index in [2.05, 4.69) is 0 Å². The molecule has 0 saturated carbocycles. The average Bonchev–Trinajstić information content (AvgIpc) is 2.84. The SMILES string of the molecule is OB(O)c1cc(F)ccc1OCCC1CCCO1. The molecule has 2 N–H and O–H groups in total. The topological polar surface area (TPSA) is 58.9 Å². The molecule has 98 valence electrons. The Hall–Kier alpha value is -1.11. The van der Waals surface area contributed by atoms with Crippen LogP contribution in [0.4, 0.5) is 4.39 Å². The van der Waals surface area contributed by atoms with Crippen LogP contribution in [0.25, 0.3) is 0 Å². The highest BCUT2D eigenvalue weighted by Gasteiger charge is 2.19. The van der Waals surface area contributed by atoms with E-state index in [0.717, 1.165) is 31.9 Å². The average molecular weight is 254 g/mol. The lowest BCUT2D eigenvalue weighted by Gasteiger charge is -2.13. The molecule has 18 heavy (non-hydrogen) atoms. The monoisotopic (exact) mass is 254 g/mol. The molecule has 1 atom stereocenters. The fraction of sp³-hybridized carbons (Fsp3) is 0.500. The third-order valence-electron chi connectivity index (χ3n) is 2.97. The molecule has 1 fully saturated rings. The molecule has 0 aliphatic carbocycles. The van der Waals surface area contributed by atoms with Gasteiger partial charge in [-0.05, 0) is 31.0 Å². The minimum atomic E-state index is -1.74. The second-order valence-corrected chi connectivity index (χ2v) is 4.33. The molecule has 1 aromatic rings. The summed E-state index contributed by atoms with van der Waals surface area (Å²) in [5.74, 6) is -0.228. The van der Waals surface area contributed by atoms with Crippen LogP contribution in [0, 0.1) is 5.82 Å². The van der Waals surface area contributed by atoms with Gasteiger partial charge in [0.2, 0.25) is 0 Å². The number of ether oxygens (including phenoxy) is 2. The van der Waals surface area contributed by atoms with Crippen LogP contribution in [0.1, 0.15) is 19.3 Å². The molecular formula is C12H16BFO4. The van der Waals surface area contributed by atoms with Crippen molar-refractivity contribution >= 4 is 12.6 Å². The minimum absolute atomic E-state index is 0.0438. The zero-order valence-electron chi connectivity index (χ0n) is 10.0. The van der Waals surface area contributed by atoms with E-state index in [1.807, 2.05) is 0 Å². The van der Waals surface area contributed by atoms with Gasteiger partial charge in [-0.3, -0.25) is 0 Å². The van der Waals surface area contributed by atoms with Crippen molar-refractivity contribution < 1.29 is 23.9 Å². The maximum Gasteiger partial charge on any atom is 0.492 e. The van der Waals surface area contributed by atoms with Crippen molar-refractivity contribution in [2.24, 2.45) is 0 Å². The molecule has 1 heterocycles. The summed E-state index contributed by atoms with van der Waals surface area (Å²) >= 11 is 0. The van der Waals surface area contributed by atoms with Crippen molar-refractivity contribution in [1.29, 1.82) is 0 Å². The van der Waals surface area contributed by atoms with E-state index in [-0.39, 0.29) is 11.6 Å². The first-order valence-corrected chi connectivity index (χ1v) is 6.07. The zero-order chi connectivity index (χ0) is 13.0. The zero-order valence-corrected chi connectivity index (χ0v) is 10.0. The number of hydrogen-bond donors (Lipinski definition) is 2. The molecule has 6 heteroatoms. The Labute approximate surface area is 105 Å². The highest BCUT2D eigenvalue weighted by atomic mass is 19.1. The predicted molar refractivity (Wildman–Crippen MR) is 65.3 cm³/mol. The summed E-state index contributed by atoms with van der Waals surface area (Å²) in [6.07, 6.45) is 3.07. The first kappa shape index (κ1) is 13.3. The summed E-state index contributed by atoms with van der Waals surface area (Å²) in [6, 6.07) is 3.69. The van der Waals surface area contributed by atoms with E-state index >= 15 is 0 Å². The molecular weight excluding hydrogens is 238 g/mol. The fourth-order valence-electron chi connectivity index (χ4n) is 2.02. The minimum Gasteiger partial charge on any atom is -0.494 e. The predicted octanol–water partition coefficient (Wildman–Crippen LogP) is 0.453. The largest absolute Gasteiger partial charge is 0.494 e. The summed E-state index contributed by atoms with van der Waals surface area (Å²) in [7, 11) is -1.74. The summed E-state index contributed by atoms with van der Waals surface area (Å²) in [6.45, 7) is 1.21. The van der Waals surface area contributed by atoms with E-state index in [1.165, 1.54) is 12.1 Å². The lowest BCUT2D eigenvalue weighted by molar-refractivity contribution is 0.0904. The van der Waals surface area contributed by atoms with Gasteiger partial charge < -0.3 is 19.5 Å². The molecule has 2 rings (SSSR count). The molecule has 0 amide bonds. The lowest BCUT2D eigenvalue weighted by Crippen LogP contribution is -2.32. The molecule has 1 unspecified atom stereocenters. The molecule has 0 aromatic heterocycles. The van der Waals surface area contributed by atoms with Gasteiger partial charge in [0, 0.05) is 18.5 Å². The second-order valence-electron chi connectivity index (χ2n) is 4.33. The normalized spacial score (nSPS) is 18.9. The Morgan fingerprint density at radius 3 is 2.94 bits per heavy atom. The Bertz CT molecular complexity index is 394. The summed E-state index contributed by atoms with van der Waals surface area (Å²) < 4.78 is 23.9. The first-order chi connectivity index (χ1) is 8.66. The van der Waals surface area contributed by atoms with Crippen LogP contribution in [-0.2, 0) is 4.74 Å².